The largest absolute Gasteiger partial charge is 0.310 e. The summed E-state index contributed by atoms with van der Waals surface area (Å²) in [4.78, 5) is 5.06. The summed E-state index contributed by atoms with van der Waals surface area (Å²) in [6, 6.07) is 78.9. The third-order valence-electron chi connectivity index (χ3n) is 17.5. The van der Waals surface area contributed by atoms with Crippen molar-refractivity contribution in [2.45, 2.75) is 108 Å². The Bertz CT molecular complexity index is 3920. The van der Waals surface area contributed by atoms with Gasteiger partial charge in [-0.1, -0.05) is 175 Å². The van der Waals surface area contributed by atoms with E-state index >= 15 is 0 Å². The van der Waals surface area contributed by atoms with Gasteiger partial charge in [-0.15, -0.1) is 0 Å². The molecular formula is C80H76N2. The Hall–Kier alpha value is -8.72. The van der Waals surface area contributed by atoms with Crippen molar-refractivity contribution >= 4 is 66.4 Å². The van der Waals surface area contributed by atoms with Crippen molar-refractivity contribution < 1.29 is 0 Å². The Morgan fingerprint density at radius 1 is 0.256 bits per heavy atom. The summed E-state index contributed by atoms with van der Waals surface area (Å²) in [5.41, 5.74) is 29.4. The number of nitrogens with zero attached hydrogens (tertiary/aromatic N) is 2. The van der Waals surface area contributed by atoms with E-state index in [2.05, 4.69) is 313 Å². The minimum absolute atomic E-state index is 0.00383. The maximum Gasteiger partial charge on any atom is 0.0540 e. The van der Waals surface area contributed by atoms with Crippen LogP contribution in [0.5, 0.6) is 0 Å². The fraction of sp³-hybridized carbons (Fsp3) is 0.200. The zero-order valence-electron chi connectivity index (χ0n) is 50.5. The van der Waals surface area contributed by atoms with E-state index in [1.165, 1.54) is 132 Å². The summed E-state index contributed by atoms with van der Waals surface area (Å²) in [6.07, 6.45) is 0. The highest BCUT2D eigenvalue weighted by molar-refractivity contribution is 6.28. The minimum atomic E-state index is -0.00383. The first-order valence-corrected chi connectivity index (χ1v) is 29.3. The quantitative estimate of drug-likeness (QED) is 0.126. The molecule has 82 heavy (non-hydrogen) atoms. The van der Waals surface area contributed by atoms with Crippen LogP contribution < -0.4 is 9.80 Å². The number of aryl methyl sites for hydroxylation is 8. The van der Waals surface area contributed by atoms with Gasteiger partial charge in [0.25, 0.3) is 0 Å². The molecule has 0 aliphatic heterocycles. The molecule has 406 valence electrons. The summed E-state index contributed by atoms with van der Waals surface area (Å²) in [5, 5.41) is 7.36. The number of rotatable bonds is 10. The van der Waals surface area contributed by atoms with E-state index in [4.69, 9.17) is 0 Å². The predicted molar refractivity (Wildman–Crippen MR) is 357 cm³/mol. The van der Waals surface area contributed by atoms with Crippen molar-refractivity contribution in [3.63, 3.8) is 0 Å². The summed E-state index contributed by atoms with van der Waals surface area (Å²) >= 11 is 0. The molecular weight excluding hydrogens is 989 g/mol. The van der Waals surface area contributed by atoms with Crippen molar-refractivity contribution in [3.05, 3.63) is 262 Å². The van der Waals surface area contributed by atoms with Gasteiger partial charge in [0.1, 0.15) is 0 Å². The Kier molecular flexibility index (Phi) is 13.6. The topological polar surface area (TPSA) is 6.48 Å². The third-order valence-corrected chi connectivity index (χ3v) is 17.5. The lowest BCUT2D eigenvalue weighted by Crippen LogP contribution is -2.14. The normalized spacial score (nSPS) is 12.0. The fourth-order valence-electron chi connectivity index (χ4n) is 13.4. The van der Waals surface area contributed by atoms with Crippen LogP contribution in [0.3, 0.4) is 0 Å². The molecule has 12 aromatic carbocycles. The van der Waals surface area contributed by atoms with E-state index in [0.717, 1.165) is 34.1 Å². The molecule has 0 fully saturated rings. The lowest BCUT2D eigenvalue weighted by Gasteiger charge is -2.31. The summed E-state index contributed by atoms with van der Waals surface area (Å²) in [5.74, 6) is 0. The predicted octanol–water partition coefficient (Wildman–Crippen LogP) is 23.3. The second-order valence-corrected chi connectivity index (χ2v) is 25.5. The molecule has 0 spiro atoms. The maximum atomic E-state index is 2.53. The highest BCUT2D eigenvalue weighted by Gasteiger charge is 2.26. The van der Waals surface area contributed by atoms with Crippen LogP contribution in [0.15, 0.2) is 206 Å². The Morgan fingerprint density at radius 3 is 0.768 bits per heavy atom. The van der Waals surface area contributed by atoms with Crippen LogP contribution in [0, 0.1) is 55.4 Å². The van der Waals surface area contributed by atoms with Crippen LogP contribution in [0.4, 0.5) is 34.1 Å². The van der Waals surface area contributed by atoms with Gasteiger partial charge in [-0.25, -0.2) is 0 Å². The second kappa shape index (κ2) is 20.7. The molecule has 0 unspecified atom stereocenters. The monoisotopic (exact) mass is 1060 g/mol. The first-order valence-electron chi connectivity index (χ1n) is 29.3. The lowest BCUT2D eigenvalue weighted by atomic mass is 9.86. The number of hydrogen-bond donors (Lipinski definition) is 0. The van der Waals surface area contributed by atoms with Gasteiger partial charge in [0.15, 0.2) is 0 Å². The van der Waals surface area contributed by atoms with Gasteiger partial charge in [-0.3, -0.25) is 0 Å². The van der Waals surface area contributed by atoms with Gasteiger partial charge in [0, 0.05) is 33.5 Å². The molecule has 0 amide bonds. The van der Waals surface area contributed by atoms with Gasteiger partial charge < -0.3 is 9.80 Å². The highest BCUT2D eigenvalue weighted by Crippen LogP contribution is 2.51. The van der Waals surface area contributed by atoms with Gasteiger partial charge in [-0.2, -0.15) is 0 Å². The standard InChI is InChI=1S/C80H76N2/c1-49-19-15-20-50(2)73(49)59-43-60(74-51(3)21-16-22-52(74)4)46-67(45-59)81(65-35-31-63(32-36-65)79(9,10)11)71-41-29-57-28-40-70-72(42-30-58-27-39-69(71)77(57)78(58)70)82(66-37-33-64(34-38-66)80(12,13)14)68-47-61(75-53(5)23-17-24-54(75)6)44-62(48-68)76-55(7)25-18-26-56(76)8/h15-48H,1-14H3. The zero-order chi connectivity index (χ0) is 57.5. The zero-order valence-corrected chi connectivity index (χ0v) is 50.5. The Balaban J connectivity index is 1.14. The molecule has 0 atom stereocenters. The molecule has 0 bridgehead atoms. The summed E-state index contributed by atoms with van der Waals surface area (Å²) in [7, 11) is 0. The van der Waals surface area contributed by atoms with Crippen LogP contribution in [0.25, 0.3) is 76.8 Å². The molecule has 0 saturated carbocycles. The van der Waals surface area contributed by atoms with Crippen LogP contribution in [0.1, 0.15) is 97.2 Å². The molecule has 0 N–H and O–H groups in total. The molecule has 12 rings (SSSR count). The molecule has 0 aromatic heterocycles. The van der Waals surface area contributed by atoms with Crippen LogP contribution in [-0.4, -0.2) is 0 Å². The fourth-order valence-corrected chi connectivity index (χ4v) is 13.4. The van der Waals surface area contributed by atoms with E-state index < -0.39 is 0 Å². The molecule has 0 aliphatic rings. The number of benzene rings is 12. The van der Waals surface area contributed by atoms with E-state index in [-0.39, 0.29) is 10.8 Å². The molecule has 2 heteroatoms. The number of hydrogen-bond acceptors (Lipinski definition) is 2. The molecule has 0 aliphatic carbocycles. The van der Waals surface area contributed by atoms with Crippen molar-refractivity contribution in [2.24, 2.45) is 0 Å². The van der Waals surface area contributed by atoms with E-state index in [1.807, 2.05) is 0 Å². The third kappa shape index (κ3) is 9.62. The minimum Gasteiger partial charge on any atom is -0.310 e. The SMILES string of the molecule is Cc1cccc(C)c1-c1cc(-c2c(C)cccc2C)cc(N(c2ccc(C(C)(C)C)cc2)c2ccc3ccc4c(N(c5ccc(C(C)(C)C)cc5)c5cc(-c6c(C)cccc6C)cc(-c6c(C)cccc6C)c5)ccc5ccc2c3c54)c1. The molecule has 0 saturated heterocycles. The Morgan fingerprint density at radius 2 is 0.512 bits per heavy atom. The molecule has 0 radical (unpaired) electrons. The van der Waals surface area contributed by atoms with Crippen LogP contribution >= 0.6 is 0 Å². The first kappa shape index (κ1) is 53.9. The lowest BCUT2D eigenvalue weighted by molar-refractivity contribution is 0.590. The van der Waals surface area contributed by atoms with Crippen molar-refractivity contribution in [3.8, 4) is 44.5 Å². The average molecular weight is 1070 g/mol. The number of anilines is 6. The molecule has 0 heterocycles. The maximum absolute atomic E-state index is 2.53. The van der Waals surface area contributed by atoms with Gasteiger partial charge in [0.05, 0.1) is 11.4 Å². The Labute approximate surface area is 487 Å². The van der Waals surface area contributed by atoms with Crippen LogP contribution in [-0.2, 0) is 10.8 Å². The van der Waals surface area contributed by atoms with Crippen molar-refractivity contribution in [1.29, 1.82) is 0 Å². The second-order valence-electron chi connectivity index (χ2n) is 25.5. The smallest absolute Gasteiger partial charge is 0.0540 e. The van der Waals surface area contributed by atoms with Crippen molar-refractivity contribution in [1.82, 2.24) is 0 Å². The van der Waals surface area contributed by atoms with Gasteiger partial charge in [0.2, 0.25) is 0 Å². The average Bonchev–Trinajstić information content (AvgIpc) is 1.79. The van der Waals surface area contributed by atoms with Gasteiger partial charge >= 0.3 is 0 Å². The summed E-state index contributed by atoms with van der Waals surface area (Å²) < 4.78 is 0. The van der Waals surface area contributed by atoms with E-state index in [9.17, 15) is 0 Å². The molecule has 2 nitrogen and oxygen atoms in total. The highest BCUT2D eigenvalue weighted by atomic mass is 15.2. The first-order chi connectivity index (χ1) is 39.2. The van der Waals surface area contributed by atoms with Crippen molar-refractivity contribution in [2.75, 3.05) is 9.80 Å². The molecule has 12 aromatic rings. The van der Waals surface area contributed by atoms with Crippen LogP contribution in [0.2, 0.25) is 0 Å². The van der Waals surface area contributed by atoms with Gasteiger partial charge in [-0.05, 0) is 261 Å². The van der Waals surface area contributed by atoms with E-state index in [0.29, 0.717) is 0 Å². The van der Waals surface area contributed by atoms with E-state index in [1.54, 1.807) is 0 Å². The summed E-state index contributed by atoms with van der Waals surface area (Å²) in [6.45, 7) is 31.8.